The number of rotatable bonds is 7. The largest absolute Gasteiger partial charge is 0.467 e. The van der Waals surface area contributed by atoms with Crippen LogP contribution in [0.25, 0.3) is 11.3 Å². The fourth-order valence-corrected chi connectivity index (χ4v) is 4.42. The van der Waals surface area contributed by atoms with Crippen LogP contribution < -0.4 is 4.90 Å². The van der Waals surface area contributed by atoms with Crippen LogP contribution in [-0.4, -0.2) is 64.5 Å². The Labute approximate surface area is 220 Å². The lowest BCUT2D eigenvalue weighted by molar-refractivity contribution is -0.132. The fourth-order valence-electron chi connectivity index (χ4n) is 4.42. The Morgan fingerprint density at radius 2 is 1.68 bits per heavy atom. The molecule has 5 rings (SSSR count). The molecule has 9 heteroatoms. The van der Waals surface area contributed by atoms with Gasteiger partial charge in [-0.1, -0.05) is 42.0 Å². The van der Waals surface area contributed by atoms with Crippen LogP contribution in [0.1, 0.15) is 21.7 Å². The van der Waals surface area contributed by atoms with E-state index in [0.29, 0.717) is 31.9 Å². The van der Waals surface area contributed by atoms with Crippen molar-refractivity contribution in [2.24, 2.45) is 0 Å². The van der Waals surface area contributed by atoms with Crippen LogP contribution >= 0.6 is 0 Å². The summed E-state index contributed by atoms with van der Waals surface area (Å²) in [6.45, 7) is 4.05. The van der Waals surface area contributed by atoms with Crippen molar-refractivity contribution in [1.29, 1.82) is 0 Å². The summed E-state index contributed by atoms with van der Waals surface area (Å²) in [5, 5.41) is 8.78. The molecule has 2 aromatic heterocycles. The van der Waals surface area contributed by atoms with E-state index in [1.165, 1.54) is 34.9 Å². The Balaban J connectivity index is 1.21. The minimum atomic E-state index is -0.627. The van der Waals surface area contributed by atoms with Crippen LogP contribution in [0.15, 0.2) is 83.5 Å². The lowest BCUT2D eigenvalue weighted by Gasteiger charge is -2.36. The summed E-state index contributed by atoms with van der Waals surface area (Å²) in [5.74, 6) is -0.128. The minimum absolute atomic E-state index is 0.0643. The van der Waals surface area contributed by atoms with E-state index in [0.717, 1.165) is 17.1 Å². The number of hydrogen-bond acceptors (Lipinski definition) is 6. The first-order valence-electron chi connectivity index (χ1n) is 12.5. The molecule has 0 atom stereocenters. The molecule has 1 saturated heterocycles. The summed E-state index contributed by atoms with van der Waals surface area (Å²) < 4.78 is 19.7. The molecule has 8 nitrogen and oxygen atoms in total. The van der Waals surface area contributed by atoms with Crippen molar-refractivity contribution in [1.82, 2.24) is 20.0 Å². The molecule has 194 valence electrons. The molecule has 0 saturated carbocycles. The highest BCUT2D eigenvalue weighted by atomic mass is 19.1. The maximum Gasteiger partial charge on any atom is 0.257 e. The van der Waals surface area contributed by atoms with Gasteiger partial charge in [-0.25, -0.2) is 4.39 Å². The van der Waals surface area contributed by atoms with Crippen LogP contribution in [0.2, 0.25) is 0 Å². The van der Waals surface area contributed by atoms with E-state index < -0.39 is 11.7 Å². The minimum Gasteiger partial charge on any atom is -0.467 e. The van der Waals surface area contributed by atoms with Crippen LogP contribution in [0.4, 0.5) is 10.2 Å². The van der Waals surface area contributed by atoms with Crippen molar-refractivity contribution in [3.05, 3.63) is 102 Å². The van der Waals surface area contributed by atoms with Crippen LogP contribution in [0.3, 0.4) is 0 Å². The summed E-state index contributed by atoms with van der Waals surface area (Å²) in [5.41, 5.74) is 2.92. The fraction of sp³-hybridized carbons (Fsp3) is 0.241. The lowest BCUT2D eigenvalue weighted by atomic mass is 10.1. The first-order valence-corrected chi connectivity index (χ1v) is 12.5. The van der Waals surface area contributed by atoms with E-state index in [1.807, 2.05) is 43.3 Å². The number of anilines is 1. The predicted molar refractivity (Wildman–Crippen MR) is 141 cm³/mol. The zero-order valence-electron chi connectivity index (χ0n) is 21.1. The van der Waals surface area contributed by atoms with Crippen molar-refractivity contribution in [2.45, 2.75) is 13.5 Å². The quantitative estimate of drug-likeness (QED) is 0.369. The van der Waals surface area contributed by atoms with Gasteiger partial charge in [0.25, 0.3) is 5.91 Å². The molecular weight excluding hydrogens is 485 g/mol. The first kappa shape index (κ1) is 25.1. The van der Waals surface area contributed by atoms with E-state index in [9.17, 15) is 14.0 Å². The molecule has 0 unspecified atom stereocenters. The van der Waals surface area contributed by atoms with E-state index in [-0.39, 0.29) is 24.6 Å². The van der Waals surface area contributed by atoms with E-state index in [2.05, 4.69) is 15.1 Å². The standard InChI is InChI=1S/C29H28FN5O3/c1-21-8-10-22(11-9-21)26-12-13-27(32-31-26)33-14-16-34(17-15-33)28(36)20-35(19-23-5-4-18-38-23)29(37)24-6-2-3-7-25(24)30/h2-13,18H,14-17,19-20H2,1H3. The van der Waals surface area contributed by atoms with E-state index in [1.54, 1.807) is 23.1 Å². The first-order chi connectivity index (χ1) is 18.5. The van der Waals surface area contributed by atoms with Crippen molar-refractivity contribution >= 4 is 17.6 Å². The summed E-state index contributed by atoms with van der Waals surface area (Å²) in [6.07, 6.45) is 1.50. The monoisotopic (exact) mass is 513 g/mol. The molecule has 4 aromatic rings. The van der Waals surface area contributed by atoms with Gasteiger partial charge in [-0.05, 0) is 43.3 Å². The molecule has 0 bridgehead atoms. The summed E-state index contributed by atoms with van der Waals surface area (Å²) in [6, 6.07) is 21.2. The normalized spacial score (nSPS) is 13.4. The smallest absolute Gasteiger partial charge is 0.257 e. The van der Waals surface area contributed by atoms with Crippen molar-refractivity contribution in [3.63, 3.8) is 0 Å². The molecule has 3 heterocycles. The summed E-state index contributed by atoms with van der Waals surface area (Å²) in [4.78, 5) is 31.5. The molecule has 1 fully saturated rings. The SMILES string of the molecule is Cc1ccc(-c2ccc(N3CCN(C(=O)CN(Cc4ccco4)C(=O)c4ccccc4F)CC3)nn2)cc1. The Kier molecular flexibility index (Phi) is 7.44. The summed E-state index contributed by atoms with van der Waals surface area (Å²) >= 11 is 0. The number of piperazine rings is 1. The number of hydrogen-bond donors (Lipinski definition) is 0. The molecule has 0 spiro atoms. The highest BCUT2D eigenvalue weighted by Gasteiger charge is 2.27. The molecular formula is C29H28FN5O3. The second-order valence-corrected chi connectivity index (χ2v) is 9.23. The van der Waals surface area contributed by atoms with Gasteiger partial charge in [0.15, 0.2) is 5.82 Å². The second kappa shape index (κ2) is 11.2. The zero-order valence-corrected chi connectivity index (χ0v) is 21.1. The number of carbonyl (C=O) groups is 2. The van der Waals surface area contributed by atoms with Gasteiger partial charge in [0.05, 0.1) is 24.1 Å². The average Bonchev–Trinajstić information content (AvgIpc) is 3.46. The highest BCUT2D eigenvalue weighted by molar-refractivity contribution is 5.96. The molecule has 38 heavy (non-hydrogen) atoms. The third kappa shape index (κ3) is 5.72. The Morgan fingerprint density at radius 1 is 0.921 bits per heavy atom. The number of aromatic nitrogens is 2. The zero-order chi connectivity index (χ0) is 26.5. The van der Waals surface area contributed by atoms with Crippen LogP contribution in [0, 0.1) is 12.7 Å². The maximum atomic E-state index is 14.3. The molecule has 0 radical (unpaired) electrons. The number of aryl methyl sites for hydroxylation is 1. The van der Waals surface area contributed by atoms with Crippen molar-refractivity contribution in [2.75, 3.05) is 37.6 Å². The number of furan rings is 1. The van der Waals surface area contributed by atoms with Gasteiger partial charge in [0, 0.05) is 31.7 Å². The summed E-state index contributed by atoms with van der Waals surface area (Å²) in [7, 11) is 0. The van der Waals surface area contributed by atoms with Gasteiger partial charge in [-0.3, -0.25) is 9.59 Å². The highest BCUT2D eigenvalue weighted by Crippen LogP contribution is 2.20. The Hall–Kier alpha value is -4.53. The lowest BCUT2D eigenvalue weighted by Crippen LogP contribution is -2.52. The third-order valence-electron chi connectivity index (χ3n) is 6.60. The van der Waals surface area contributed by atoms with E-state index >= 15 is 0 Å². The number of halogens is 1. The van der Waals surface area contributed by atoms with Crippen molar-refractivity contribution in [3.8, 4) is 11.3 Å². The number of benzene rings is 2. The number of carbonyl (C=O) groups excluding carboxylic acids is 2. The molecule has 0 aliphatic carbocycles. The van der Waals surface area contributed by atoms with Gasteiger partial charge in [-0.2, -0.15) is 0 Å². The third-order valence-corrected chi connectivity index (χ3v) is 6.60. The Morgan fingerprint density at radius 3 is 2.34 bits per heavy atom. The maximum absolute atomic E-state index is 14.3. The number of amides is 2. The molecule has 2 aromatic carbocycles. The molecule has 0 N–H and O–H groups in total. The average molecular weight is 514 g/mol. The van der Waals surface area contributed by atoms with Gasteiger partial charge < -0.3 is 19.1 Å². The molecule has 2 amide bonds. The van der Waals surface area contributed by atoms with Gasteiger partial charge >= 0.3 is 0 Å². The van der Waals surface area contributed by atoms with Gasteiger partial charge in [0.1, 0.15) is 18.1 Å². The topological polar surface area (TPSA) is 82.8 Å². The predicted octanol–water partition coefficient (Wildman–Crippen LogP) is 4.18. The molecule has 1 aliphatic heterocycles. The molecule has 1 aliphatic rings. The van der Waals surface area contributed by atoms with Crippen molar-refractivity contribution < 1.29 is 18.4 Å². The second-order valence-electron chi connectivity index (χ2n) is 9.23. The van der Waals surface area contributed by atoms with E-state index in [4.69, 9.17) is 4.42 Å². The van der Waals surface area contributed by atoms with Gasteiger partial charge in [-0.15, -0.1) is 10.2 Å². The number of nitrogens with zero attached hydrogens (tertiary/aromatic N) is 5. The van der Waals surface area contributed by atoms with Crippen LogP contribution in [-0.2, 0) is 11.3 Å². The van der Waals surface area contributed by atoms with Gasteiger partial charge in [0.2, 0.25) is 5.91 Å². The Bertz CT molecular complexity index is 1380. The van der Waals surface area contributed by atoms with Crippen LogP contribution in [0.5, 0.6) is 0 Å².